The third-order valence-electron chi connectivity index (χ3n) is 3.46. The van der Waals surface area contributed by atoms with Crippen LogP contribution in [0, 0.1) is 5.92 Å². The summed E-state index contributed by atoms with van der Waals surface area (Å²) in [5.41, 5.74) is 0. The van der Waals surface area contributed by atoms with Gasteiger partial charge in [-0.2, -0.15) is 11.8 Å². The van der Waals surface area contributed by atoms with Crippen LogP contribution in [-0.4, -0.2) is 72.3 Å². The fraction of sp³-hybridized carbons (Fsp3) is 1.00. The predicted molar refractivity (Wildman–Crippen MR) is 65.4 cm³/mol. The molecule has 1 unspecified atom stereocenters. The van der Waals surface area contributed by atoms with Gasteiger partial charge in [0.2, 0.25) is 0 Å². The Morgan fingerprint density at radius 1 is 1.07 bits per heavy atom. The molecule has 0 aromatic carbocycles. The Kier molecular flexibility index (Phi) is 4.75. The molecular weight excluding hydrogens is 208 g/mol. The summed E-state index contributed by atoms with van der Waals surface area (Å²) in [5.74, 6) is 3.15. The van der Waals surface area contributed by atoms with Gasteiger partial charge in [-0.15, -0.1) is 0 Å². The largest absolute Gasteiger partial charge is 0.396 e. The molecule has 0 amide bonds. The van der Waals surface area contributed by atoms with Crippen LogP contribution in [0.2, 0.25) is 0 Å². The van der Waals surface area contributed by atoms with Gasteiger partial charge in [-0.1, -0.05) is 0 Å². The van der Waals surface area contributed by atoms with E-state index in [-0.39, 0.29) is 0 Å². The highest BCUT2D eigenvalue weighted by molar-refractivity contribution is 7.99. The smallest absolute Gasteiger partial charge is 0.0471 e. The van der Waals surface area contributed by atoms with Gasteiger partial charge in [0, 0.05) is 50.8 Å². The molecule has 0 aromatic heterocycles. The molecule has 88 valence electrons. The molecule has 2 aliphatic heterocycles. The molecular formula is C11H22N2OS. The van der Waals surface area contributed by atoms with Crippen molar-refractivity contribution in [3.05, 3.63) is 0 Å². The first-order chi connectivity index (χ1) is 7.38. The van der Waals surface area contributed by atoms with E-state index in [0.717, 1.165) is 6.54 Å². The molecule has 2 heterocycles. The van der Waals surface area contributed by atoms with Crippen LogP contribution in [0.25, 0.3) is 0 Å². The van der Waals surface area contributed by atoms with Gasteiger partial charge in [-0.3, -0.25) is 0 Å². The van der Waals surface area contributed by atoms with Gasteiger partial charge in [-0.25, -0.2) is 0 Å². The van der Waals surface area contributed by atoms with E-state index in [2.05, 4.69) is 21.6 Å². The fourth-order valence-electron chi connectivity index (χ4n) is 2.37. The predicted octanol–water partition coefficient (Wildman–Crippen LogP) is 0.349. The molecule has 1 N–H and O–H groups in total. The quantitative estimate of drug-likeness (QED) is 0.754. The van der Waals surface area contributed by atoms with E-state index in [1.807, 2.05) is 0 Å². The van der Waals surface area contributed by atoms with Crippen molar-refractivity contribution in [3.63, 3.8) is 0 Å². The maximum atomic E-state index is 9.06. The zero-order valence-corrected chi connectivity index (χ0v) is 10.2. The lowest BCUT2D eigenvalue weighted by Crippen LogP contribution is -2.38. The monoisotopic (exact) mass is 230 g/mol. The summed E-state index contributed by atoms with van der Waals surface area (Å²) in [4.78, 5) is 5.07. The van der Waals surface area contributed by atoms with E-state index in [4.69, 9.17) is 5.11 Å². The molecule has 15 heavy (non-hydrogen) atoms. The van der Waals surface area contributed by atoms with Crippen LogP contribution in [0.15, 0.2) is 0 Å². The Morgan fingerprint density at radius 2 is 1.80 bits per heavy atom. The highest BCUT2D eigenvalue weighted by Gasteiger charge is 2.21. The normalized spacial score (nSPS) is 29.8. The Morgan fingerprint density at radius 3 is 2.47 bits per heavy atom. The Hall–Kier alpha value is 0.230. The maximum Gasteiger partial charge on any atom is 0.0471 e. The minimum Gasteiger partial charge on any atom is -0.396 e. The van der Waals surface area contributed by atoms with Crippen molar-refractivity contribution in [2.45, 2.75) is 6.42 Å². The van der Waals surface area contributed by atoms with Crippen molar-refractivity contribution >= 4 is 11.8 Å². The first-order valence-electron chi connectivity index (χ1n) is 6.02. The average Bonchev–Trinajstić information content (AvgIpc) is 2.76. The average molecular weight is 230 g/mol. The number of likely N-dealkylation sites (tertiary alicyclic amines) is 1. The molecule has 2 fully saturated rings. The van der Waals surface area contributed by atoms with E-state index < -0.39 is 0 Å². The second-order valence-corrected chi connectivity index (χ2v) is 5.82. The first kappa shape index (κ1) is 11.7. The van der Waals surface area contributed by atoms with Crippen LogP contribution < -0.4 is 0 Å². The molecule has 2 saturated heterocycles. The first-order valence-corrected chi connectivity index (χ1v) is 7.17. The van der Waals surface area contributed by atoms with Crippen LogP contribution in [0.3, 0.4) is 0 Å². The van der Waals surface area contributed by atoms with Gasteiger partial charge >= 0.3 is 0 Å². The third-order valence-corrected chi connectivity index (χ3v) is 4.41. The molecule has 3 nitrogen and oxygen atoms in total. The zero-order chi connectivity index (χ0) is 10.5. The molecule has 0 saturated carbocycles. The lowest BCUT2D eigenvalue weighted by Gasteiger charge is -2.28. The molecule has 4 heteroatoms. The Balaban J connectivity index is 1.61. The van der Waals surface area contributed by atoms with Crippen LogP contribution in [0.5, 0.6) is 0 Å². The minimum atomic E-state index is 0.372. The Labute approximate surface area is 96.8 Å². The summed E-state index contributed by atoms with van der Waals surface area (Å²) in [6, 6.07) is 0. The molecule has 0 aliphatic carbocycles. The fourth-order valence-corrected chi connectivity index (χ4v) is 3.35. The molecule has 1 atom stereocenters. The van der Waals surface area contributed by atoms with Gasteiger partial charge in [0.1, 0.15) is 0 Å². The van der Waals surface area contributed by atoms with Crippen molar-refractivity contribution in [2.24, 2.45) is 5.92 Å². The number of thioether (sulfide) groups is 1. The van der Waals surface area contributed by atoms with E-state index in [1.54, 1.807) is 0 Å². The van der Waals surface area contributed by atoms with Crippen molar-refractivity contribution < 1.29 is 5.11 Å². The summed E-state index contributed by atoms with van der Waals surface area (Å²) in [7, 11) is 0. The standard InChI is InChI=1S/C11H22N2OS/c14-10-11-1-2-13(9-11)4-3-12-5-7-15-8-6-12/h11,14H,1-10H2. The molecule has 2 rings (SSSR count). The highest BCUT2D eigenvalue weighted by atomic mass is 32.2. The molecule has 0 spiro atoms. The molecule has 0 bridgehead atoms. The SMILES string of the molecule is OCC1CCN(CCN2CCSCC2)C1. The summed E-state index contributed by atoms with van der Waals surface area (Å²) < 4.78 is 0. The molecule has 2 aliphatic rings. The number of rotatable bonds is 4. The number of nitrogens with zero attached hydrogens (tertiary/aromatic N) is 2. The molecule has 0 radical (unpaired) electrons. The van der Waals surface area contributed by atoms with Crippen LogP contribution in [-0.2, 0) is 0 Å². The van der Waals surface area contributed by atoms with Crippen molar-refractivity contribution in [1.29, 1.82) is 0 Å². The summed E-state index contributed by atoms with van der Waals surface area (Å²) in [6.07, 6.45) is 1.19. The Bertz CT molecular complexity index is 185. The topological polar surface area (TPSA) is 26.7 Å². The van der Waals surface area contributed by atoms with Crippen LogP contribution >= 0.6 is 11.8 Å². The van der Waals surface area contributed by atoms with Crippen molar-refractivity contribution in [1.82, 2.24) is 9.80 Å². The summed E-state index contributed by atoms with van der Waals surface area (Å²) in [5, 5.41) is 9.06. The van der Waals surface area contributed by atoms with Crippen molar-refractivity contribution in [3.8, 4) is 0 Å². The van der Waals surface area contributed by atoms with E-state index in [1.165, 1.54) is 50.7 Å². The summed E-state index contributed by atoms with van der Waals surface area (Å²) in [6.45, 7) is 7.62. The maximum absolute atomic E-state index is 9.06. The van der Waals surface area contributed by atoms with E-state index in [0.29, 0.717) is 12.5 Å². The van der Waals surface area contributed by atoms with Gasteiger partial charge in [-0.05, 0) is 18.9 Å². The van der Waals surface area contributed by atoms with Gasteiger partial charge in [0.25, 0.3) is 0 Å². The number of aliphatic hydroxyl groups excluding tert-OH is 1. The van der Waals surface area contributed by atoms with Crippen LogP contribution in [0.4, 0.5) is 0 Å². The van der Waals surface area contributed by atoms with Gasteiger partial charge in [0.05, 0.1) is 0 Å². The number of hydrogen-bond donors (Lipinski definition) is 1. The number of hydrogen-bond acceptors (Lipinski definition) is 4. The second-order valence-electron chi connectivity index (χ2n) is 4.59. The highest BCUT2D eigenvalue weighted by Crippen LogP contribution is 2.15. The third kappa shape index (κ3) is 3.63. The summed E-state index contributed by atoms with van der Waals surface area (Å²) >= 11 is 2.07. The van der Waals surface area contributed by atoms with Gasteiger partial charge < -0.3 is 14.9 Å². The van der Waals surface area contributed by atoms with E-state index >= 15 is 0 Å². The van der Waals surface area contributed by atoms with Crippen molar-refractivity contribution in [2.75, 3.05) is 57.4 Å². The molecule has 0 aromatic rings. The van der Waals surface area contributed by atoms with E-state index in [9.17, 15) is 0 Å². The zero-order valence-electron chi connectivity index (χ0n) is 9.40. The minimum absolute atomic E-state index is 0.372. The van der Waals surface area contributed by atoms with Crippen LogP contribution in [0.1, 0.15) is 6.42 Å². The number of aliphatic hydroxyl groups is 1. The second kappa shape index (κ2) is 6.09. The lowest BCUT2D eigenvalue weighted by atomic mass is 10.1. The van der Waals surface area contributed by atoms with Gasteiger partial charge in [0.15, 0.2) is 0 Å². The lowest BCUT2D eigenvalue weighted by molar-refractivity contribution is 0.207.